The third-order valence-electron chi connectivity index (χ3n) is 2.43. The second-order valence-electron chi connectivity index (χ2n) is 3.66. The van der Waals surface area contributed by atoms with Gasteiger partial charge in [0.2, 0.25) is 0 Å². The zero-order valence-electron chi connectivity index (χ0n) is 10.3. The van der Waals surface area contributed by atoms with Crippen LogP contribution in [0.15, 0.2) is 18.2 Å². The van der Waals surface area contributed by atoms with Crippen LogP contribution in [0.25, 0.3) is 0 Å². The summed E-state index contributed by atoms with van der Waals surface area (Å²) in [5.41, 5.74) is 0.271. The van der Waals surface area contributed by atoms with E-state index in [1.165, 1.54) is 4.90 Å². The molecular weight excluding hydrogens is 291 g/mol. The molecule has 0 spiro atoms. The summed E-state index contributed by atoms with van der Waals surface area (Å²) in [5, 5.41) is 11.7. The van der Waals surface area contributed by atoms with Crippen LogP contribution >= 0.6 is 23.2 Å². The lowest BCUT2D eigenvalue weighted by atomic mass is 10.3. The van der Waals surface area contributed by atoms with Crippen molar-refractivity contribution in [2.24, 2.45) is 0 Å². The normalized spacial score (nSPS) is 10.1. The van der Waals surface area contributed by atoms with Crippen molar-refractivity contribution in [1.29, 1.82) is 0 Å². The Balaban J connectivity index is 2.79. The monoisotopic (exact) mass is 304 g/mol. The highest BCUT2D eigenvalue weighted by atomic mass is 35.5. The van der Waals surface area contributed by atoms with E-state index in [9.17, 15) is 9.59 Å². The molecule has 19 heavy (non-hydrogen) atoms. The maximum atomic E-state index is 11.8. The Hall–Kier alpha value is -1.30. The number of aliphatic hydroxyl groups is 1. The lowest BCUT2D eigenvalue weighted by Crippen LogP contribution is -2.41. The second kappa shape index (κ2) is 7.33. The lowest BCUT2D eigenvalue weighted by molar-refractivity contribution is -0.143. The van der Waals surface area contributed by atoms with Crippen LogP contribution < -0.4 is 5.32 Å². The Morgan fingerprint density at radius 2 is 2.05 bits per heavy atom. The third kappa shape index (κ3) is 4.09. The zero-order chi connectivity index (χ0) is 14.4. The summed E-state index contributed by atoms with van der Waals surface area (Å²) in [7, 11) is 0. The fourth-order valence-electron chi connectivity index (χ4n) is 1.44. The molecule has 2 N–H and O–H groups in total. The molecule has 0 aliphatic carbocycles. The number of likely N-dealkylation sites (N-methyl/N-ethyl adjacent to an activating group) is 1. The molecule has 0 bridgehead atoms. The average molecular weight is 305 g/mol. The van der Waals surface area contributed by atoms with Gasteiger partial charge in [0.1, 0.15) is 0 Å². The van der Waals surface area contributed by atoms with E-state index in [0.717, 1.165) is 0 Å². The number of carbonyl (C=O) groups excluding carboxylic acids is 2. The van der Waals surface area contributed by atoms with Crippen LogP contribution in [0.1, 0.15) is 6.92 Å². The molecular formula is C12H14Cl2N2O3. The van der Waals surface area contributed by atoms with Crippen molar-refractivity contribution in [2.75, 3.05) is 25.0 Å². The lowest BCUT2D eigenvalue weighted by Gasteiger charge is -2.19. The molecule has 104 valence electrons. The molecule has 0 saturated heterocycles. The molecule has 0 atom stereocenters. The molecule has 0 unspecified atom stereocenters. The minimum atomic E-state index is -0.820. The highest BCUT2D eigenvalue weighted by Gasteiger charge is 2.21. The molecule has 0 fully saturated rings. The summed E-state index contributed by atoms with van der Waals surface area (Å²) in [6, 6.07) is 4.73. The van der Waals surface area contributed by atoms with Crippen LogP contribution in [0, 0.1) is 0 Å². The SMILES string of the molecule is CCN(CCO)C(=O)C(=O)Nc1cccc(Cl)c1Cl. The van der Waals surface area contributed by atoms with E-state index in [2.05, 4.69) is 5.32 Å². The number of amides is 2. The van der Waals surface area contributed by atoms with E-state index in [1.54, 1.807) is 25.1 Å². The molecule has 7 heteroatoms. The van der Waals surface area contributed by atoms with Gasteiger partial charge in [-0.2, -0.15) is 0 Å². The molecule has 0 heterocycles. The van der Waals surface area contributed by atoms with Crippen molar-refractivity contribution in [2.45, 2.75) is 6.92 Å². The van der Waals surface area contributed by atoms with E-state index in [-0.39, 0.29) is 28.9 Å². The Kier molecular flexibility index (Phi) is 6.08. The van der Waals surface area contributed by atoms with Crippen LogP contribution in [-0.2, 0) is 9.59 Å². The largest absolute Gasteiger partial charge is 0.395 e. The fraction of sp³-hybridized carbons (Fsp3) is 0.333. The van der Waals surface area contributed by atoms with Crippen molar-refractivity contribution in [1.82, 2.24) is 4.90 Å². The van der Waals surface area contributed by atoms with Crippen LogP contribution in [-0.4, -0.2) is 41.5 Å². The number of aliphatic hydroxyl groups excluding tert-OH is 1. The maximum absolute atomic E-state index is 11.8. The molecule has 0 aliphatic heterocycles. The topological polar surface area (TPSA) is 69.6 Å². The highest BCUT2D eigenvalue weighted by Crippen LogP contribution is 2.29. The molecule has 0 radical (unpaired) electrons. The van der Waals surface area contributed by atoms with Gasteiger partial charge in [0, 0.05) is 13.1 Å². The zero-order valence-corrected chi connectivity index (χ0v) is 11.8. The molecule has 1 aromatic rings. The predicted molar refractivity (Wildman–Crippen MR) is 74.4 cm³/mol. The van der Waals surface area contributed by atoms with Crippen molar-refractivity contribution >= 4 is 40.7 Å². The average Bonchev–Trinajstić information content (AvgIpc) is 2.40. The van der Waals surface area contributed by atoms with Gasteiger partial charge in [-0.1, -0.05) is 29.3 Å². The quantitative estimate of drug-likeness (QED) is 0.833. The Morgan fingerprint density at radius 3 is 2.63 bits per heavy atom. The molecule has 5 nitrogen and oxygen atoms in total. The summed E-state index contributed by atoms with van der Waals surface area (Å²) in [6.07, 6.45) is 0. The van der Waals surface area contributed by atoms with Crippen LogP contribution in [0.3, 0.4) is 0 Å². The van der Waals surface area contributed by atoms with Crippen molar-refractivity contribution < 1.29 is 14.7 Å². The number of nitrogens with one attached hydrogen (secondary N) is 1. The van der Waals surface area contributed by atoms with Crippen LogP contribution in [0.4, 0.5) is 5.69 Å². The number of nitrogens with zero attached hydrogens (tertiary/aromatic N) is 1. The summed E-state index contributed by atoms with van der Waals surface area (Å²) >= 11 is 11.7. The van der Waals surface area contributed by atoms with Gasteiger partial charge in [-0.25, -0.2) is 0 Å². The Labute approximate surface area is 121 Å². The van der Waals surface area contributed by atoms with E-state index in [1.807, 2.05) is 0 Å². The van der Waals surface area contributed by atoms with E-state index < -0.39 is 11.8 Å². The molecule has 1 aromatic carbocycles. The number of hydrogen-bond donors (Lipinski definition) is 2. The first-order chi connectivity index (χ1) is 9.01. The number of rotatable bonds is 4. The highest BCUT2D eigenvalue weighted by molar-refractivity contribution is 6.45. The Bertz CT molecular complexity index is 480. The van der Waals surface area contributed by atoms with E-state index in [4.69, 9.17) is 28.3 Å². The van der Waals surface area contributed by atoms with Gasteiger partial charge in [0.05, 0.1) is 22.3 Å². The molecule has 0 aliphatic rings. The van der Waals surface area contributed by atoms with E-state index in [0.29, 0.717) is 6.54 Å². The standard InChI is InChI=1S/C12H14Cl2N2O3/c1-2-16(6-7-17)12(19)11(18)15-9-5-3-4-8(13)10(9)14/h3-5,17H,2,6-7H2,1H3,(H,15,18). The summed E-state index contributed by atoms with van der Waals surface area (Å²) in [4.78, 5) is 24.8. The smallest absolute Gasteiger partial charge is 0.313 e. The summed E-state index contributed by atoms with van der Waals surface area (Å²) in [6.45, 7) is 1.94. The van der Waals surface area contributed by atoms with Gasteiger partial charge < -0.3 is 15.3 Å². The van der Waals surface area contributed by atoms with Crippen LogP contribution in [0.2, 0.25) is 10.0 Å². The summed E-state index contributed by atoms with van der Waals surface area (Å²) < 4.78 is 0. The van der Waals surface area contributed by atoms with E-state index >= 15 is 0 Å². The first-order valence-corrected chi connectivity index (χ1v) is 6.42. The predicted octanol–water partition coefficient (Wildman–Crippen LogP) is 1.77. The molecule has 2 amide bonds. The minimum absolute atomic E-state index is 0.103. The molecule has 1 rings (SSSR count). The maximum Gasteiger partial charge on any atom is 0.313 e. The van der Waals surface area contributed by atoms with Gasteiger partial charge >= 0.3 is 11.8 Å². The van der Waals surface area contributed by atoms with Gasteiger partial charge in [0.15, 0.2) is 0 Å². The third-order valence-corrected chi connectivity index (χ3v) is 3.25. The molecule has 0 aromatic heterocycles. The number of carbonyl (C=O) groups is 2. The van der Waals surface area contributed by atoms with Gasteiger partial charge in [-0.15, -0.1) is 0 Å². The minimum Gasteiger partial charge on any atom is -0.395 e. The first-order valence-electron chi connectivity index (χ1n) is 5.66. The number of halogens is 2. The summed E-state index contributed by atoms with van der Waals surface area (Å²) in [5.74, 6) is -1.55. The van der Waals surface area contributed by atoms with Gasteiger partial charge in [-0.05, 0) is 19.1 Å². The van der Waals surface area contributed by atoms with Crippen molar-refractivity contribution in [3.63, 3.8) is 0 Å². The van der Waals surface area contributed by atoms with Crippen molar-refractivity contribution in [3.8, 4) is 0 Å². The van der Waals surface area contributed by atoms with Crippen LogP contribution in [0.5, 0.6) is 0 Å². The van der Waals surface area contributed by atoms with Gasteiger partial charge in [-0.3, -0.25) is 9.59 Å². The second-order valence-corrected chi connectivity index (χ2v) is 4.45. The number of benzene rings is 1. The Morgan fingerprint density at radius 1 is 1.37 bits per heavy atom. The molecule has 0 saturated carbocycles. The van der Waals surface area contributed by atoms with Crippen molar-refractivity contribution in [3.05, 3.63) is 28.2 Å². The fourth-order valence-corrected chi connectivity index (χ4v) is 1.79. The number of hydrogen-bond acceptors (Lipinski definition) is 3. The number of anilines is 1. The van der Waals surface area contributed by atoms with Gasteiger partial charge in [0.25, 0.3) is 0 Å². The first kappa shape index (κ1) is 15.8.